The van der Waals surface area contributed by atoms with E-state index in [2.05, 4.69) is 0 Å². The number of hydrogen-bond acceptors (Lipinski definition) is 4. The minimum atomic E-state index is -0.557. The summed E-state index contributed by atoms with van der Waals surface area (Å²) in [6, 6.07) is 15.4. The molecule has 0 bridgehead atoms. The fourth-order valence-electron chi connectivity index (χ4n) is 2.81. The van der Waals surface area contributed by atoms with Gasteiger partial charge in [-0.2, -0.15) is 0 Å². The number of Topliss-reactive ketones (excluding diaryl/α,β-unsaturated/α-hetero) is 1. The Balaban J connectivity index is 2.15. The quantitative estimate of drug-likeness (QED) is 0.640. The molecule has 0 aliphatic heterocycles. The highest BCUT2D eigenvalue weighted by molar-refractivity contribution is 5.96. The Bertz CT molecular complexity index is 809. The predicted molar refractivity (Wildman–Crippen MR) is 110 cm³/mol. The molecule has 5 nitrogen and oxygen atoms in total. The molecule has 0 saturated heterocycles. The Hall–Kier alpha value is -2.82. The molecular formula is C23H29NO4. The van der Waals surface area contributed by atoms with Gasteiger partial charge in [0, 0.05) is 13.1 Å². The molecular weight excluding hydrogens is 354 g/mol. The molecule has 0 unspecified atom stereocenters. The molecule has 0 saturated carbocycles. The van der Waals surface area contributed by atoms with Crippen molar-refractivity contribution < 1.29 is 19.1 Å². The van der Waals surface area contributed by atoms with E-state index in [9.17, 15) is 9.59 Å². The van der Waals surface area contributed by atoms with Crippen LogP contribution in [-0.2, 0) is 17.7 Å². The third-order valence-electron chi connectivity index (χ3n) is 4.18. The van der Waals surface area contributed by atoms with Crippen molar-refractivity contribution in [1.82, 2.24) is 4.90 Å². The third-order valence-corrected chi connectivity index (χ3v) is 4.18. The largest absolute Gasteiger partial charge is 0.496 e. The van der Waals surface area contributed by atoms with E-state index in [0.29, 0.717) is 30.8 Å². The number of benzene rings is 2. The smallest absolute Gasteiger partial charge is 0.410 e. The Morgan fingerprint density at radius 2 is 1.68 bits per heavy atom. The number of ketones is 1. The van der Waals surface area contributed by atoms with E-state index in [-0.39, 0.29) is 11.9 Å². The second-order valence-electron chi connectivity index (χ2n) is 7.73. The van der Waals surface area contributed by atoms with Crippen LogP contribution in [0.1, 0.15) is 49.2 Å². The highest BCUT2D eigenvalue weighted by Crippen LogP contribution is 2.22. The van der Waals surface area contributed by atoms with Gasteiger partial charge in [0.05, 0.1) is 12.7 Å². The van der Waals surface area contributed by atoms with Gasteiger partial charge in [-0.3, -0.25) is 4.79 Å². The fourth-order valence-corrected chi connectivity index (χ4v) is 2.81. The van der Waals surface area contributed by atoms with Gasteiger partial charge in [0.15, 0.2) is 5.78 Å². The van der Waals surface area contributed by atoms with Crippen LogP contribution < -0.4 is 4.74 Å². The first-order valence-electron chi connectivity index (χ1n) is 9.39. The van der Waals surface area contributed by atoms with E-state index in [1.807, 2.05) is 63.2 Å². The number of carbonyl (C=O) groups is 2. The van der Waals surface area contributed by atoms with Crippen LogP contribution in [0.4, 0.5) is 4.79 Å². The zero-order valence-corrected chi connectivity index (χ0v) is 17.3. The van der Waals surface area contributed by atoms with Crippen molar-refractivity contribution in [2.24, 2.45) is 0 Å². The van der Waals surface area contributed by atoms with Gasteiger partial charge in [-0.05, 0) is 57.4 Å². The Morgan fingerprint density at radius 3 is 2.25 bits per heavy atom. The van der Waals surface area contributed by atoms with E-state index >= 15 is 0 Å². The first-order valence-corrected chi connectivity index (χ1v) is 9.39. The lowest BCUT2D eigenvalue weighted by molar-refractivity contribution is 0.0235. The lowest BCUT2D eigenvalue weighted by Crippen LogP contribution is -2.37. The number of methoxy groups -OCH3 is 1. The average Bonchev–Trinajstić information content (AvgIpc) is 2.64. The number of amides is 1. The van der Waals surface area contributed by atoms with Gasteiger partial charge in [0.1, 0.15) is 11.4 Å². The summed E-state index contributed by atoms with van der Waals surface area (Å²) in [5.41, 5.74) is 2.03. The molecule has 2 aromatic carbocycles. The molecule has 0 fully saturated rings. The highest BCUT2D eigenvalue weighted by atomic mass is 16.6. The van der Waals surface area contributed by atoms with Crippen LogP contribution >= 0.6 is 0 Å². The van der Waals surface area contributed by atoms with E-state index < -0.39 is 5.60 Å². The maximum Gasteiger partial charge on any atom is 0.410 e. The lowest BCUT2D eigenvalue weighted by atomic mass is 10.0. The van der Waals surface area contributed by atoms with Crippen molar-refractivity contribution in [2.75, 3.05) is 13.7 Å². The van der Waals surface area contributed by atoms with Crippen LogP contribution in [0.15, 0.2) is 48.5 Å². The van der Waals surface area contributed by atoms with Crippen molar-refractivity contribution in [3.05, 3.63) is 65.2 Å². The third kappa shape index (κ3) is 6.41. The Kier molecular flexibility index (Phi) is 7.21. The summed E-state index contributed by atoms with van der Waals surface area (Å²) in [5.74, 6) is 0.514. The minimum absolute atomic E-state index is 0.0390. The number of hydrogen-bond donors (Lipinski definition) is 0. The van der Waals surface area contributed by atoms with E-state index in [1.165, 1.54) is 6.92 Å². The topological polar surface area (TPSA) is 55.8 Å². The summed E-state index contributed by atoms with van der Waals surface area (Å²) >= 11 is 0. The Morgan fingerprint density at radius 1 is 1.00 bits per heavy atom. The van der Waals surface area contributed by atoms with Crippen molar-refractivity contribution >= 4 is 11.9 Å². The first-order chi connectivity index (χ1) is 13.2. The van der Waals surface area contributed by atoms with Crippen molar-refractivity contribution in [3.63, 3.8) is 0 Å². The summed E-state index contributed by atoms with van der Waals surface area (Å²) in [7, 11) is 1.55. The van der Waals surface area contributed by atoms with E-state index in [4.69, 9.17) is 9.47 Å². The predicted octanol–water partition coefficient (Wildman–Crippen LogP) is 4.88. The summed E-state index contributed by atoms with van der Waals surface area (Å²) < 4.78 is 10.9. The van der Waals surface area contributed by atoms with Crippen molar-refractivity contribution in [1.29, 1.82) is 0 Å². The summed E-state index contributed by atoms with van der Waals surface area (Å²) in [5, 5.41) is 0. The molecule has 0 aliphatic carbocycles. The second-order valence-corrected chi connectivity index (χ2v) is 7.73. The molecule has 0 spiro atoms. The lowest BCUT2D eigenvalue weighted by Gasteiger charge is -2.27. The maximum atomic E-state index is 12.7. The van der Waals surface area contributed by atoms with Crippen LogP contribution in [0, 0.1) is 0 Å². The molecule has 0 heterocycles. The van der Waals surface area contributed by atoms with Crippen LogP contribution in [-0.4, -0.2) is 36.0 Å². The standard InChI is InChI=1S/C23H29NO4/c1-17(25)20-12-11-18(15-21(20)27-5)13-14-24(22(26)28-23(2,3)4)16-19-9-7-6-8-10-19/h6-12,15H,13-14,16H2,1-5H3. The molecule has 0 atom stereocenters. The Labute approximate surface area is 167 Å². The number of rotatable bonds is 7. The van der Waals surface area contributed by atoms with Gasteiger partial charge in [0.2, 0.25) is 0 Å². The monoisotopic (exact) mass is 383 g/mol. The summed E-state index contributed by atoms with van der Waals surface area (Å²) in [6.45, 7) is 8.05. The van der Waals surface area contributed by atoms with Crippen molar-refractivity contribution in [3.8, 4) is 5.75 Å². The summed E-state index contributed by atoms with van der Waals surface area (Å²) in [6.07, 6.45) is 0.282. The maximum absolute atomic E-state index is 12.7. The zero-order chi connectivity index (χ0) is 20.7. The van der Waals surface area contributed by atoms with Crippen LogP contribution in [0.3, 0.4) is 0 Å². The van der Waals surface area contributed by atoms with Crippen molar-refractivity contribution in [2.45, 2.75) is 46.3 Å². The first kappa shape index (κ1) is 21.5. The summed E-state index contributed by atoms with van der Waals surface area (Å²) in [4.78, 5) is 26.1. The molecule has 2 rings (SSSR count). The molecule has 0 N–H and O–H groups in total. The molecule has 0 aromatic heterocycles. The van der Waals surface area contributed by atoms with E-state index in [0.717, 1.165) is 11.1 Å². The molecule has 28 heavy (non-hydrogen) atoms. The molecule has 150 valence electrons. The number of ether oxygens (including phenoxy) is 2. The van der Waals surface area contributed by atoms with Crippen LogP contribution in [0.5, 0.6) is 5.75 Å². The van der Waals surface area contributed by atoms with Gasteiger partial charge in [-0.15, -0.1) is 0 Å². The zero-order valence-electron chi connectivity index (χ0n) is 17.3. The molecule has 0 radical (unpaired) electrons. The van der Waals surface area contributed by atoms with E-state index in [1.54, 1.807) is 18.1 Å². The van der Waals surface area contributed by atoms with Crippen LogP contribution in [0.2, 0.25) is 0 Å². The highest BCUT2D eigenvalue weighted by Gasteiger charge is 2.22. The van der Waals surface area contributed by atoms with Gasteiger partial charge < -0.3 is 14.4 Å². The molecule has 1 amide bonds. The average molecular weight is 383 g/mol. The normalized spacial score (nSPS) is 11.0. The fraction of sp³-hybridized carbons (Fsp3) is 0.391. The molecule has 5 heteroatoms. The minimum Gasteiger partial charge on any atom is -0.496 e. The SMILES string of the molecule is COc1cc(CCN(Cc2ccccc2)C(=O)OC(C)(C)C)ccc1C(C)=O. The van der Waals surface area contributed by atoms with Crippen LogP contribution in [0.25, 0.3) is 0 Å². The van der Waals surface area contributed by atoms with Gasteiger partial charge in [-0.1, -0.05) is 36.4 Å². The number of nitrogens with zero attached hydrogens (tertiary/aromatic N) is 1. The van der Waals surface area contributed by atoms with Gasteiger partial charge in [-0.25, -0.2) is 4.79 Å². The van der Waals surface area contributed by atoms with Gasteiger partial charge >= 0.3 is 6.09 Å². The molecule has 2 aromatic rings. The second kappa shape index (κ2) is 9.40. The number of carbonyl (C=O) groups excluding carboxylic acids is 2. The van der Waals surface area contributed by atoms with Gasteiger partial charge in [0.25, 0.3) is 0 Å². The molecule has 0 aliphatic rings.